The van der Waals surface area contributed by atoms with Crippen LogP contribution in [0.15, 0.2) is 48.5 Å². The second kappa shape index (κ2) is 17.3. The molecule has 2 aromatic carbocycles. The minimum atomic E-state index is -0.717. The quantitative estimate of drug-likeness (QED) is 0.146. The second-order valence-electron chi connectivity index (χ2n) is 20.0. The molecule has 5 rings (SSSR count). The van der Waals surface area contributed by atoms with Crippen LogP contribution >= 0.6 is 0 Å². The van der Waals surface area contributed by atoms with Gasteiger partial charge in [-0.15, -0.1) is 0 Å². The summed E-state index contributed by atoms with van der Waals surface area (Å²) in [6.45, 7) is 24.5. The number of benzene rings is 2. The number of carbonyl (C=O) groups is 4. The van der Waals surface area contributed by atoms with E-state index in [0.29, 0.717) is 57.5 Å². The number of hydrogen-bond acceptors (Lipinski definition) is 9. The number of ether oxygens (including phenoxy) is 4. The lowest BCUT2D eigenvalue weighted by molar-refractivity contribution is -0.162. The molecule has 2 fully saturated rings. The van der Waals surface area contributed by atoms with Crippen LogP contribution in [0.3, 0.4) is 0 Å². The van der Waals surface area contributed by atoms with Crippen LogP contribution in [0, 0.1) is 17.8 Å². The van der Waals surface area contributed by atoms with Crippen molar-refractivity contribution in [3.8, 4) is 0 Å². The first-order valence-electron chi connectivity index (χ1n) is 20.8. The SMILES string of the molecule is CC(C)(C)OC(=O)[C@@H](Cc1nc2cc([C@H](C(=O)OC(C)(C)C)C3CCN(C(=O)OC(C)(C)C)C3)ccc2n1CCc1ccccc1)[C@H]1CCN(C(=O)OC(C)(C)C)C1. The smallest absolute Gasteiger partial charge is 0.410 e. The summed E-state index contributed by atoms with van der Waals surface area (Å²) in [7, 11) is 0. The summed E-state index contributed by atoms with van der Waals surface area (Å²) < 4.78 is 25.6. The number of esters is 2. The molecule has 12 heteroatoms. The van der Waals surface area contributed by atoms with E-state index in [2.05, 4.69) is 16.7 Å². The average Bonchev–Trinajstić information content (AvgIpc) is 3.83. The summed E-state index contributed by atoms with van der Waals surface area (Å²) >= 11 is 0. The first-order valence-corrected chi connectivity index (χ1v) is 20.8. The fraction of sp³-hybridized carbons (Fsp3) is 0.630. The monoisotopic (exact) mass is 802 g/mol. The highest BCUT2D eigenvalue weighted by molar-refractivity contribution is 5.83. The van der Waals surface area contributed by atoms with Gasteiger partial charge in [-0.3, -0.25) is 9.59 Å². The van der Waals surface area contributed by atoms with Gasteiger partial charge in [0.25, 0.3) is 0 Å². The van der Waals surface area contributed by atoms with Gasteiger partial charge in [0.15, 0.2) is 0 Å². The van der Waals surface area contributed by atoms with E-state index >= 15 is 0 Å². The first-order chi connectivity index (χ1) is 26.9. The Morgan fingerprint density at radius 2 is 1.19 bits per heavy atom. The fourth-order valence-electron chi connectivity index (χ4n) is 7.82. The maximum absolute atomic E-state index is 14.1. The van der Waals surface area contributed by atoms with Crippen molar-refractivity contribution >= 4 is 35.2 Å². The van der Waals surface area contributed by atoms with E-state index in [9.17, 15) is 19.2 Å². The Morgan fingerprint density at radius 3 is 1.74 bits per heavy atom. The number of carbonyl (C=O) groups excluding carboxylic acids is 4. The zero-order valence-electron chi connectivity index (χ0n) is 36.8. The number of aromatic nitrogens is 2. The van der Waals surface area contributed by atoms with Crippen LogP contribution in [0.2, 0.25) is 0 Å². The van der Waals surface area contributed by atoms with Crippen LogP contribution in [0.25, 0.3) is 11.0 Å². The predicted octanol–water partition coefficient (Wildman–Crippen LogP) is 8.72. The summed E-state index contributed by atoms with van der Waals surface area (Å²) in [5.74, 6) is -1.57. The molecular formula is C46H66N4O8. The van der Waals surface area contributed by atoms with Gasteiger partial charge in [0, 0.05) is 39.1 Å². The van der Waals surface area contributed by atoms with Gasteiger partial charge in [0.1, 0.15) is 28.2 Å². The molecule has 58 heavy (non-hydrogen) atoms. The standard InChI is InChI=1S/C46H66N4O8/c1-43(2,3)55-39(51)34(32-21-23-48(28-32)41(53)57-45(7,8)9)27-37-47-35-26-31(18-19-36(35)50(37)25-20-30-16-14-13-15-17-30)38(40(52)56-44(4,5)6)33-22-24-49(29-33)42(54)58-46(10,11)12/h13-19,26,32-34,38H,20-25,27-29H2,1-12H3/t32-,33?,34-,38-/m0/s1. The van der Waals surface area contributed by atoms with Gasteiger partial charge in [-0.1, -0.05) is 36.4 Å². The van der Waals surface area contributed by atoms with Crippen LogP contribution < -0.4 is 0 Å². The summed E-state index contributed by atoms with van der Waals surface area (Å²) in [4.78, 5) is 62.9. The van der Waals surface area contributed by atoms with Crippen molar-refractivity contribution in [2.75, 3.05) is 26.2 Å². The zero-order valence-corrected chi connectivity index (χ0v) is 36.8. The molecule has 3 heterocycles. The summed E-state index contributed by atoms with van der Waals surface area (Å²) in [5, 5.41) is 0. The molecule has 0 N–H and O–H groups in total. The molecule has 4 atom stereocenters. The van der Waals surface area contributed by atoms with E-state index in [-0.39, 0.29) is 23.8 Å². The van der Waals surface area contributed by atoms with E-state index in [1.165, 1.54) is 5.56 Å². The van der Waals surface area contributed by atoms with Gasteiger partial charge in [-0.05, 0) is 137 Å². The lowest BCUT2D eigenvalue weighted by atomic mass is 9.85. The van der Waals surface area contributed by atoms with Crippen LogP contribution in [0.4, 0.5) is 9.59 Å². The largest absolute Gasteiger partial charge is 0.460 e. The molecule has 12 nitrogen and oxygen atoms in total. The van der Waals surface area contributed by atoms with Gasteiger partial charge < -0.3 is 33.3 Å². The molecular weight excluding hydrogens is 737 g/mol. The third-order valence-electron chi connectivity index (χ3n) is 10.2. The molecule has 3 aromatic rings. The van der Waals surface area contributed by atoms with Crippen molar-refractivity contribution in [1.29, 1.82) is 0 Å². The zero-order chi connectivity index (χ0) is 42.8. The Bertz CT molecular complexity index is 1930. The molecule has 1 unspecified atom stereocenters. The van der Waals surface area contributed by atoms with Crippen LogP contribution in [-0.2, 0) is 47.9 Å². The number of hydrogen-bond donors (Lipinski definition) is 0. The summed E-state index contributed by atoms with van der Waals surface area (Å²) in [5.41, 5.74) is 0.788. The van der Waals surface area contributed by atoms with Gasteiger partial charge in [-0.2, -0.15) is 0 Å². The van der Waals surface area contributed by atoms with Crippen molar-refractivity contribution < 1.29 is 38.1 Å². The van der Waals surface area contributed by atoms with Crippen molar-refractivity contribution in [2.24, 2.45) is 17.8 Å². The summed E-state index contributed by atoms with van der Waals surface area (Å²) in [6, 6.07) is 16.2. The first kappa shape index (κ1) is 44.5. The van der Waals surface area contributed by atoms with E-state index in [1.807, 2.05) is 119 Å². The molecule has 2 saturated heterocycles. The van der Waals surface area contributed by atoms with Crippen molar-refractivity contribution in [3.63, 3.8) is 0 Å². The van der Waals surface area contributed by atoms with Crippen LogP contribution in [0.5, 0.6) is 0 Å². The molecule has 2 aliphatic heterocycles. The number of likely N-dealkylation sites (tertiary alicyclic amines) is 2. The third-order valence-corrected chi connectivity index (χ3v) is 10.2. The van der Waals surface area contributed by atoms with E-state index in [1.54, 1.807) is 9.80 Å². The molecule has 318 valence electrons. The molecule has 0 aliphatic carbocycles. The highest BCUT2D eigenvalue weighted by Gasteiger charge is 2.42. The number of nitrogens with zero attached hydrogens (tertiary/aromatic N) is 4. The van der Waals surface area contributed by atoms with E-state index in [0.717, 1.165) is 23.3 Å². The van der Waals surface area contributed by atoms with Crippen molar-refractivity contribution in [1.82, 2.24) is 19.4 Å². The van der Waals surface area contributed by atoms with E-state index in [4.69, 9.17) is 23.9 Å². The van der Waals surface area contributed by atoms with Gasteiger partial charge >= 0.3 is 24.1 Å². The Hall–Kier alpha value is -4.61. The molecule has 0 saturated carbocycles. The van der Waals surface area contributed by atoms with Crippen LogP contribution in [-0.4, -0.2) is 92.1 Å². The lowest BCUT2D eigenvalue weighted by Gasteiger charge is -2.28. The molecule has 1 aromatic heterocycles. The van der Waals surface area contributed by atoms with Crippen LogP contribution in [0.1, 0.15) is 119 Å². The van der Waals surface area contributed by atoms with Gasteiger partial charge in [0.2, 0.25) is 0 Å². The highest BCUT2D eigenvalue weighted by Crippen LogP contribution is 2.37. The molecule has 0 bridgehead atoms. The second-order valence-corrected chi connectivity index (χ2v) is 20.0. The third kappa shape index (κ3) is 12.2. The normalized spacial score (nSPS) is 18.9. The minimum absolute atomic E-state index is 0.174. The molecule has 2 aliphatic rings. The number of rotatable bonds is 10. The topological polar surface area (TPSA) is 129 Å². The van der Waals surface area contributed by atoms with Gasteiger partial charge in [0.05, 0.1) is 22.9 Å². The average molecular weight is 803 g/mol. The molecule has 2 amide bonds. The Kier molecular flexibility index (Phi) is 13.3. The van der Waals surface area contributed by atoms with Gasteiger partial charge in [-0.25, -0.2) is 14.6 Å². The van der Waals surface area contributed by atoms with E-state index < -0.39 is 46.4 Å². The Labute approximate surface area is 344 Å². The minimum Gasteiger partial charge on any atom is -0.460 e. The highest BCUT2D eigenvalue weighted by atomic mass is 16.6. The van der Waals surface area contributed by atoms with Crippen molar-refractivity contribution in [2.45, 2.75) is 144 Å². The predicted molar refractivity (Wildman–Crippen MR) is 223 cm³/mol. The molecule has 0 radical (unpaired) electrons. The summed E-state index contributed by atoms with van der Waals surface area (Å²) in [6.07, 6.45) is 1.47. The fourth-order valence-corrected chi connectivity index (χ4v) is 7.82. The number of amides is 2. The number of imidazole rings is 1. The maximum Gasteiger partial charge on any atom is 0.410 e. The Morgan fingerprint density at radius 1 is 0.672 bits per heavy atom. The van der Waals surface area contributed by atoms with Crippen molar-refractivity contribution in [3.05, 3.63) is 65.5 Å². The molecule has 0 spiro atoms. The lowest BCUT2D eigenvalue weighted by Crippen LogP contribution is -2.38. The maximum atomic E-state index is 14.1. The Balaban J connectivity index is 1.53. The number of aryl methyl sites for hydroxylation is 2. The number of fused-ring (bicyclic) bond motifs is 1.